The lowest BCUT2D eigenvalue weighted by Crippen LogP contribution is -2.29. The largest absolute Gasteiger partial charge is 0.271 e. The number of hydrogen-bond acceptors (Lipinski definition) is 4. The Morgan fingerprint density at radius 2 is 2.15 bits per heavy atom. The zero-order valence-electron chi connectivity index (χ0n) is 12.0. The van der Waals surface area contributed by atoms with Crippen LogP contribution in [0.2, 0.25) is 0 Å². The number of nitrogens with two attached hydrogens (primary N) is 1. The Labute approximate surface area is 138 Å². The van der Waals surface area contributed by atoms with Gasteiger partial charge in [-0.1, -0.05) is 32.9 Å². The van der Waals surface area contributed by atoms with Crippen molar-refractivity contribution >= 4 is 33.9 Å². The van der Waals surface area contributed by atoms with Gasteiger partial charge in [0, 0.05) is 20.8 Å². The molecule has 20 heavy (non-hydrogen) atoms. The van der Waals surface area contributed by atoms with Crippen molar-refractivity contribution in [3.63, 3.8) is 0 Å². The first-order valence-corrected chi connectivity index (χ1v) is 8.52. The fourth-order valence-electron chi connectivity index (χ4n) is 1.92. The minimum Gasteiger partial charge on any atom is -0.271 e. The minimum absolute atomic E-state index is 0.0997. The molecule has 0 radical (unpaired) electrons. The van der Waals surface area contributed by atoms with Gasteiger partial charge in [-0.05, 0) is 40.3 Å². The van der Waals surface area contributed by atoms with Crippen LogP contribution in [0, 0.1) is 3.57 Å². The van der Waals surface area contributed by atoms with E-state index in [2.05, 4.69) is 78.4 Å². The molecule has 0 saturated heterocycles. The molecule has 0 aliphatic carbocycles. The summed E-state index contributed by atoms with van der Waals surface area (Å²) in [5.74, 6) is 5.72. The first kappa shape index (κ1) is 15.9. The number of hydrazine groups is 1. The topological polar surface area (TPSA) is 50.9 Å². The molecule has 1 aromatic heterocycles. The van der Waals surface area contributed by atoms with Gasteiger partial charge in [-0.25, -0.2) is 4.98 Å². The first-order valence-electron chi connectivity index (χ1n) is 6.56. The Morgan fingerprint density at radius 1 is 1.40 bits per heavy atom. The molecule has 0 amide bonds. The van der Waals surface area contributed by atoms with Crippen molar-refractivity contribution in [2.75, 3.05) is 0 Å². The third-order valence-electron chi connectivity index (χ3n) is 3.15. The van der Waals surface area contributed by atoms with Gasteiger partial charge in [-0.15, -0.1) is 11.3 Å². The molecule has 1 unspecified atom stereocenters. The third kappa shape index (κ3) is 4.00. The lowest BCUT2D eigenvalue weighted by Gasteiger charge is -2.16. The molecule has 1 heterocycles. The number of halogens is 1. The molecule has 5 heteroatoms. The van der Waals surface area contributed by atoms with E-state index in [0.29, 0.717) is 0 Å². The Kier molecular flexibility index (Phi) is 5.17. The Hall–Kier alpha value is -0.500. The normalized spacial score (nSPS) is 13.4. The maximum Gasteiger partial charge on any atom is 0.0948 e. The van der Waals surface area contributed by atoms with Crippen LogP contribution in [-0.4, -0.2) is 4.98 Å². The van der Waals surface area contributed by atoms with Crippen molar-refractivity contribution in [1.82, 2.24) is 10.4 Å². The van der Waals surface area contributed by atoms with E-state index in [1.165, 1.54) is 9.13 Å². The molecule has 0 fully saturated rings. The monoisotopic (exact) mass is 401 g/mol. The summed E-state index contributed by atoms with van der Waals surface area (Å²) in [6, 6.07) is 8.50. The molecule has 2 rings (SSSR count). The van der Waals surface area contributed by atoms with Gasteiger partial charge in [0.2, 0.25) is 0 Å². The smallest absolute Gasteiger partial charge is 0.0948 e. The van der Waals surface area contributed by atoms with E-state index in [1.54, 1.807) is 11.3 Å². The highest BCUT2D eigenvalue weighted by Crippen LogP contribution is 2.27. The SMILES string of the molecule is CC(C)(C)c1csc(CC(NN)c2cccc(I)c2)n1. The second kappa shape index (κ2) is 6.51. The molecular weight excluding hydrogens is 381 g/mol. The maximum atomic E-state index is 5.72. The van der Waals surface area contributed by atoms with Crippen molar-refractivity contribution < 1.29 is 0 Å². The average Bonchev–Trinajstić information content (AvgIpc) is 2.84. The maximum absolute atomic E-state index is 5.72. The van der Waals surface area contributed by atoms with Crippen LogP contribution in [0.5, 0.6) is 0 Å². The Balaban J connectivity index is 2.16. The van der Waals surface area contributed by atoms with Gasteiger partial charge in [-0.2, -0.15) is 0 Å². The standard InChI is InChI=1S/C15H20IN3S/c1-15(2,3)13-9-20-14(18-13)8-12(19-17)10-5-4-6-11(16)7-10/h4-7,9,12,19H,8,17H2,1-3H3. The summed E-state index contributed by atoms with van der Waals surface area (Å²) in [7, 11) is 0. The third-order valence-corrected chi connectivity index (χ3v) is 4.69. The summed E-state index contributed by atoms with van der Waals surface area (Å²) in [6.45, 7) is 6.55. The van der Waals surface area contributed by atoms with Gasteiger partial charge >= 0.3 is 0 Å². The van der Waals surface area contributed by atoms with Crippen molar-refractivity contribution in [1.29, 1.82) is 0 Å². The molecule has 0 spiro atoms. The van der Waals surface area contributed by atoms with Crippen molar-refractivity contribution in [3.8, 4) is 0 Å². The van der Waals surface area contributed by atoms with Gasteiger partial charge < -0.3 is 0 Å². The second-order valence-electron chi connectivity index (χ2n) is 5.85. The lowest BCUT2D eigenvalue weighted by atomic mass is 9.93. The highest BCUT2D eigenvalue weighted by atomic mass is 127. The number of benzene rings is 1. The Morgan fingerprint density at radius 3 is 2.70 bits per heavy atom. The summed E-state index contributed by atoms with van der Waals surface area (Å²) in [4.78, 5) is 4.74. The predicted octanol–water partition coefficient (Wildman–Crippen LogP) is 3.79. The van der Waals surface area contributed by atoms with Crippen molar-refractivity contribution in [2.24, 2.45) is 5.84 Å². The van der Waals surface area contributed by atoms with E-state index >= 15 is 0 Å². The fourth-order valence-corrected chi connectivity index (χ4v) is 3.56. The van der Waals surface area contributed by atoms with Gasteiger partial charge in [-0.3, -0.25) is 11.3 Å². The van der Waals surface area contributed by atoms with Crippen molar-refractivity contribution in [2.45, 2.75) is 38.6 Å². The van der Waals surface area contributed by atoms with Gasteiger partial charge in [0.25, 0.3) is 0 Å². The van der Waals surface area contributed by atoms with Crippen LogP contribution < -0.4 is 11.3 Å². The minimum atomic E-state index is 0.0997. The van der Waals surface area contributed by atoms with Gasteiger partial charge in [0.05, 0.1) is 16.7 Å². The van der Waals surface area contributed by atoms with Gasteiger partial charge in [0.15, 0.2) is 0 Å². The van der Waals surface area contributed by atoms with Crippen LogP contribution in [-0.2, 0) is 11.8 Å². The van der Waals surface area contributed by atoms with E-state index in [-0.39, 0.29) is 11.5 Å². The molecule has 0 saturated carbocycles. The molecule has 3 N–H and O–H groups in total. The van der Waals surface area contributed by atoms with E-state index in [4.69, 9.17) is 10.8 Å². The highest BCUT2D eigenvalue weighted by Gasteiger charge is 2.19. The molecule has 3 nitrogen and oxygen atoms in total. The van der Waals surface area contributed by atoms with E-state index in [9.17, 15) is 0 Å². The average molecular weight is 401 g/mol. The van der Waals surface area contributed by atoms with E-state index < -0.39 is 0 Å². The number of rotatable bonds is 4. The number of thiazole rings is 1. The number of nitrogens with one attached hydrogen (secondary N) is 1. The lowest BCUT2D eigenvalue weighted by molar-refractivity contribution is 0.541. The second-order valence-corrected chi connectivity index (χ2v) is 8.04. The summed E-state index contributed by atoms with van der Waals surface area (Å²) >= 11 is 4.03. The molecule has 0 bridgehead atoms. The molecule has 2 aromatic rings. The molecule has 1 aromatic carbocycles. The molecule has 108 valence electrons. The predicted molar refractivity (Wildman–Crippen MR) is 93.7 cm³/mol. The molecule has 1 atom stereocenters. The van der Waals surface area contributed by atoms with Crippen LogP contribution in [0.3, 0.4) is 0 Å². The van der Waals surface area contributed by atoms with Gasteiger partial charge in [0.1, 0.15) is 0 Å². The zero-order chi connectivity index (χ0) is 14.8. The number of nitrogens with zero attached hydrogens (tertiary/aromatic N) is 1. The Bertz CT molecular complexity index is 574. The van der Waals surface area contributed by atoms with Crippen LogP contribution in [0.25, 0.3) is 0 Å². The first-order chi connectivity index (χ1) is 9.40. The number of hydrogen-bond donors (Lipinski definition) is 2. The summed E-state index contributed by atoms with van der Waals surface area (Å²) < 4.78 is 1.22. The summed E-state index contributed by atoms with van der Waals surface area (Å²) in [5, 5.41) is 3.27. The quantitative estimate of drug-likeness (QED) is 0.466. The van der Waals surface area contributed by atoms with Crippen LogP contribution >= 0.6 is 33.9 Å². The van der Waals surface area contributed by atoms with E-state index in [0.717, 1.165) is 17.1 Å². The van der Waals surface area contributed by atoms with Crippen molar-refractivity contribution in [3.05, 3.63) is 49.5 Å². The molecule has 0 aliphatic heterocycles. The summed E-state index contributed by atoms with van der Waals surface area (Å²) in [6.07, 6.45) is 0.817. The highest BCUT2D eigenvalue weighted by molar-refractivity contribution is 14.1. The molecular formula is C15H20IN3S. The zero-order valence-corrected chi connectivity index (χ0v) is 15.0. The van der Waals surface area contributed by atoms with Crippen LogP contribution in [0.4, 0.5) is 0 Å². The van der Waals surface area contributed by atoms with E-state index in [1.807, 2.05) is 0 Å². The molecule has 0 aliphatic rings. The van der Waals surface area contributed by atoms with Crippen LogP contribution in [0.1, 0.15) is 43.1 Å². The fraction of sp³-hybridized carbons (Fsp3) is 0.400. The number of aromatic nitrogens is 1. The van der Waals surface area contributed by atoms with Crippen LogP contribution in [0.15, 0.2) is 29.6 Å². The summed E-state index contributed by atoms with van der Waals surface area (Å²) in [5.41, 5.74) is 5.35.